The molecule has 0 bridgehead atoms. The summed E-state index contributed by atoms with van der Waals surface area (Å²) >= 11 is 0. The number of amides is 1. The van der Waals surface area contributed by atoms with E-state index in [0.717, 1.165) is 19.4 Å². The summed E-state index contributed by atoms with van der Waals surface area (Å²) in [5.41, 5.74) is -0.00153. The molecule has 1 atom stereocenters. The molecule has 1 amide bonds. The SMILES string of the molecule is CNCC1CCCN(C(=O)c2ncccc2C(=O)O)C1. The maximum atomic E-state index is 12.5. The number of hydrogen-bond acceptors (Lipinski definition) is 4. The Kier molecular flexibility index (Phi) is 4.68. The topological polar surface area (TPSA) is 82.5 Å². The molecule has 0 radical (unpaired) electrons. The zero-order valence-electron chi connectivity index (χ0n) is 11.5. The Balaban J connectivity index is 2.17. The van der Waals surface area contributed by atoms with Crippen LogP contribution in [0.5, 0.6) is 0 Å². The minimum atomic E-state index is -1.12. The highest BCUT2D eigenvalue weighted by atomic mass is 16.4. The highest BCUT2D eigenvalue weighted by Gasteiger charge is 2.27. The van der Waals surface area contributed by atoms with Crippen molar-refractivity contribution in [3.63, 3.8) is 0 Å². The van der Waals surface area contributed by atoms with Gasteiger partial charge in [-0.1, -0.05) is 0 Å². The van der Waals surface area contributed by atoms with Gasteiger partial charge in [-0.3, -0.25) is 9.78 Å². The predicted octanol–water partition coefficient (Wildman–Crippen LogP) is 0.851. The number of rotatable bonds is 4. The maximum Gasteiger partial charge on any atom is 0.338 e. The van der Waals surface area contributed by atoms with Crippen molar-refractivity contribution in [3.05, 3.63) is 29.6 Å². The van der Waals surface area contributed by atoms with Gasteiger partial charge in [0.05, 0.1) is 5.56 Å². The van der Waals surface area contributed by atoms with E-state index in [-0.39, 0.29) is 17.2 Å². The molecule has 1 aliphatic rings. The Hall–Kier alpha value is -1.95. The normalized spacial score (nSPS) is 18.9. The molecule has 108 valence electrons. The number of carbonyl (C=O) groups excluding carboxylic acids is 1. The molecule has 0 spiro atoms. The first-order valence-corrected chi connectivity index (χ1v) is 6.75. The number of carbonyl (C=O) groups is 2. The van der Waals surface area contributed by atoms with Crippen molar-refractivity contribution >= 4 is 11.9 Å². The molecular formula is C14H19N3O3. The van der Waals surface area contributed by atoms with E-state index in [4.69, 9.17) is 5.11 Å². The fourth-order valence-electron chi connectivity index (χ4n) is 2.60. The second kappa shape index (κ2) is 6.47. The van der Waals surface area contributed by atoms with Crippen LogP contribution in [0.1, 0.15) is 33.7 Å². The molecule has 2 heterocycles. The molecule has 0 saturated carbocycles. The number of nitrogens with zero attached hydrogens (tertiary/aromatic N) is 2. The summed E-state index contributed by atoms with van der Waals surface area (Å²) in [6.45, 7) is 2.17. The third-order valence-corrected chi connectivity index (χ3v) is 3.54. The van der Waals surface area contributed by atoms with Crippen LogP contribution in [0.2, 0.25) is 0 Å². The molecule has 2 rings (SSSR count). The van der Waals surface area contributed by atoms with Gasteiger partial charge < -0.3 is 15.3 Å². The van der Waals surface area contributed by atoms with Crippen LogP contribution in [-0.4, -0.2) is 53.5 Å². The lowest BCUT2D eigenvalue weighted by Crippen LogP contribution is -2.43. The number of carboxylic acids is 1. The molecule has 20 heavy (non-hydrogen) atoms. The molecule has 6 nitrogen and oxygen atoms in total. The Bertz CT molecular complexity index is 502. The molecule has 1 fully saturated rings. The molecule has 0 aromatic carbocycles. The van der Waals surface area contributed by atoms with Crippen LogP contribution in [0, 0.1) is 5.92 Å². The van der Waals surface area contributed by atoms with E-state index < -0.39 is 5.97 Å². The van der Waals surface area contributed by atoms with Crippen LogP contribution < -0.4 is 5.32 Å². The Labute approximate surface area is 117 Å². The Morgan fingerprint density at radius 3 is 3.05 bits per heavy atom. The molecule has 2 N–H and O–H groups in total. The van der Waals surface area contributed by atoms with E-state index in [1.165, 1.54) is 18.3 Å². The lowest BCUT2D eigenvalue weighted by molar-refractivity contribution is 0.0636. The Morgan fingerprint density at radius 1 is 1.55 bits per heavy atom. The predicted molar refractivity (Wildman–Crippen MR) is 73.8 cm³/mol. The summed E-state index contributed by atoms with van der Waals surface area (Å²) in [7, 11) is 1.89. The molecule has 1 aliphatic heterocycles. The standard InChI is InChI=1S/C14H19N3O3/c1-15-8-10-4-3-7-17(9-10)13(18)12-11(14(19)20)5-2-6-16-12/h2,5-6,10,15H,3-4,7-9H2,1H3,(H,19,20). The summed E-state index contributed by atoms with van der Waals surface area (Å²) in [4.78, 5) is 29.3. The van der Waals surface area contributed by atoms with Crippen LogP contribution in [-0.2, 0) is 0 Å². The fraction of sp³-hybridized carbons (Fsp3) is 0.500. The minimum Gasteiger partial charge on any atom is -0.478 e. The van der Waals surface area contributed by atoms with Crippen molar-refractivity contribution in [2.24, 2.45) is 5.92 Å². The van der Waals surface area contributed by atoms with Crippen molar-refractivity contribution in [2.75, 3.05) is 26.7 Å². The third-order valence-electron chi connectivity index (χ3n) is 3.54. The first kappa shape index (κ1) is 14.5. The highest BCUT2D eigenvalue weighted by Crippen LogP contribution is 2.18. The molecule has 6 heteroatoms. The van der Waals surface area contributed by atoms with Gasteiger partial charge in [-0.25, -0.2) is 4.79 Å². The van der Waals surface area contributed by atoms with E-state index in [1.807, 2.05) is 7.05 Å². The van der Waals surface area contributed by atoms with Gasteiger partial charge in [-0.05, 0) is 44.5 Å². The second-order valence-corrected chi connectivity index (χ2v) is 5.02. The van der Waals surface area contributed by atoms with Crippen LogP contribution in [0.15, 0.2) is 18.3 Å². The number of aromatic nitrogens is 1. The number of likely N-dealkylation sites (tertiary alicyclic amines) is 1. The average molecular weight is 277 g/mol. The van der Waals surface area contributed by atoms with Crippen molar-refractivity contribution < 1.29 is 14.7 Å². The van der Waals surface area contributed by atoms with E-state index >= 15 is 0 Å². The van der Waals surface area contributed by atoms with Crippen molar-refractivity contribution in [2.45, 2.75) is 12.8 Å². The van der Waals surface area contributed by atoms with Gasteiger partial charge in [0, 0.05) is 19.3 Å². The number of nitrogens with one attached hydrogen (secondary N) is 1. The van der Waals surface area contributed by atoms with Crippen molar-refractivity contribution in [3.8, 4) is 0 Å². The number of piperidine rings is 1. The lowest BCUT2D eigenvalue weighted by atomic mass is 9.97. The molecule has 1 aromatic rings. The maximum absolute atomic E-state index is 12.5. The lowest BCUT2D eigenvalue weighted by Gasteiger charge is -2.32. The molecule has 0 aliphatic carbocycles. The average Bonchev–Trinajstić information content (AvgIpc) is 2.47. The zero-order valence-corrected chi connectivity index (χ0v) is 11.5. The highest BCUT2D eigenvalue weighted by molar-refractivity contribution is 6.03. The molecular weight excluding hydrogens is 258 g/mol. The third kappa shape index (κ3) is 3.14. The van der Waals surface area contributed by atoms with Crippen LogP contribution >= 0.6 is 0 Å². The van der Waals surface area contributed by atoms with Gasteiger partial charge in [-0.15, -0.1) is 0 Å². The number of pyridine rings is 1. The summed E-state index contributed by atoms with van der Waals surface area (Å²) in [6.07, 6.45) is 3.47. The van der Waals surface area contributed by atoms with E-state index in [9.17, 15) is 9.59 Å². The Morgan fingerprint density at radius 2 is 2.35 bits per heavy atom. The molecule has 1 saturated heterocycles. The monoisotopic (exact) mass is 277 g/mol. The van der Waals surface area contributed by atoms with E-state index in [1.54, 1.807) is 4.90 Å². The quantitative estimate of drug-likeness (QED) is 0.852. The van der Waals surface area contributed by atoms with Gasteiger partial charge >= 0.3 is 5.97 Å². The summed E-state index contributed by atoms with van der Waals surface area (Å²) in [5, 5.41) is 12.2. The van der Waals surface area contributed by atoms with Gasteiger partial charge in [0.25, 0.3) is 5.91 Å². The van der Waals surface area contributed by atoms with Gasteiger partial charge in [0.1, 0.15) is 5.69 Å². The van der Waals surface area contributed by atoms with Crippen LogP contribution in [0.3, 0.4) is 0 Å². The van der Waals surface area contributed by atoms with Crippen molar-refractivity contribution in [1.29, 1.82) is 0 Å². The van der Waals surface area contributed by atoms with E-state index in [0.29, 0.717) is 19.0 Å². The largest absolute Gasteiger partial charge is 0.478 e. The van der Waals surface area contributed by atoms with Gasteiger partial charge in [-0.2, -0.15) is 0 Å². The first-order chi connectivity index (χ1) is 9.63. The summed E-state index contributed by atoms with van der Waals surface area (Å²) in [6, 6.07) is 2.94. The zero-order chi connectivity index (χ0) is 14.5. The van der Waals surface area contributed by atoms with Gasteiger partial charge in [0.2, 0.25) is 0 Å². The molecule has 1 aromatic heterocycles. The second-order valence-electron chi connectivity index (χ2n) is 5.02. The number of hydrogen-bond donors (Lipinski definition) is 2. The van der Waals surface area contributed by atoms with Gasteiger partial charge in [0.15, 0.2) is 0 Å². The van der Waals surface area contributed by atoms with Crippen LogP contribution in [0.25, 0.3) is 0 Å². The summed E-state index contributed by atoms with van der Waals surface area (Å²) < 4.78 is 0. The molecule has 1 unspecified atom stereocenters. The number of carboxylic acid groups (broad SMARTS) is 1. The van der Waals surface area contributed by atoms with Crippen molar-refractivity contribution in [1.82, 2.24) is 15.2 Å². The van der Waals surface area contributed by atoms with E-state index in [2.05, 4.69) is 10.3 Å². The smallest absolute Gasteiger partial charge is 0.338 e. The summed E-state index contributed by atoms with van der Waals surface area (Å²) in [5.74, 6) is -0.997. The minimum absolute atomic E-state index is 0.0325. The first-order valence-electron chi connectivity index (χ1n) is 6.75. The van der Waals surface area contributed by atoms with Crippen LogP contribution in [0.4, 0.5) is 0 Å². The fourth-order valence-corrected chi connectivity index (χ4v) is 2.60. The number of aromatic carboxylic acids is 1.